The molecule has 18 heavy (non-hydrogen) atoms. The molecule has 2 rings (SSSR count). The van der Waals surface area contributed by atoms with Crippen molar-refractivity contribution in [3.8, 4) is 6.07 Å². The number of hydrogen-bond acceptors (Lipinski definition) is 3. The van der Waals surface area contributed by atoms with Crippen molar-refractivity contribution in [2.24, 2.45) is 11.7 Å². The van der Waals surface area contributed by atoms with E-state index in [0.717, 1.165) is 24.1 Å². The molecule has 3 heteroatoms. The molecule has 2 atom stereocenters. The fourth-order valence-electron chi connectivity index (χ4n) is 3.00. The van der Waals surface area contributed by atoms with Crippen LogP contribution >= 0.6 is 0 Å². The molecule has 1 saturated heterocycles. The maximum Gasteiger partial charge on any atom is 0.0995 e. The van der Waals surface area contributed by atoms with Gasteiger partial charge >= 0.3 is 0 Å². The van der Waals surface area contributed by atoms with E-state index >= 15 is 0 Å². The van der Waals surface area contributed by atoms with Crippen molar-refractivity contribution in [3.63, 3.8) is 0 Å². The van der Waals surface area contributed by atoms with Gasteiger partial charge in [-0.25, -0.2) is 0 Å². The third-order valence-electron chi connectivity index (χ3n) is 3.93. The van der Waals surface area contributed by atoms with Crippen molar-refractivity contribution < 1.29 is 0 Å². The quantitative estimate of drug-likeness (QED) is 0.886. The Labute approximate surface area is 109 Å². The molecule has 0 aliphatic carbocycles. The molecule has 0 saturated carbocycles. The number of rotatable bonds is 3. The molecule has 0 radical (unpaired) electrons. The minimum atomic E-state index is 0.297. The molecule has 1 heterocycles. The fraction of sp³-hybridized carbons (Fsp3) is 0.533. The molecule has 1 aliphatic heterocycles. The number of benzene rings is 1. The SMILES string of the molecule is CC(C)N1CCC(CN)C1c1ccccc1C#N. The van der Waals surface area contributed by atoms with Gasteiger partial charge in [0.15, 0.2) is 0 Å². The maximum atomic E-state index is 9.26. The van der Waals surface area contributed by atoms with Gasteiger partial charge in [0.05, 0.1) is 11.6 Å². The van der Waals surface area contributed by atoms with E-state index in [1.165, 1.54) is 0 Å². The summed E-state index contributed by atoms with van der Waals surface area (Å²) in [6.07, 6.45) is 1.12. The third-order valence-corrected chi connectivity index (χ3v) is 3.93. The molecule has 1 aromatic carbocycles. The van der Waals surface area contributed by atoms with Crippen LogP contribution in [0.2, 0.25) is 0 Å². The monoisotopic (exact) mass is 243 g/mol. The van der Waals surface area contributed by atoms with Gasteiger partial charge in [0.25, 0.3) is 0 Å². The van der Waals surface area contributed by atoms with Crippen molar-refractivity contribution in [2.75, 3.05) is 13.1 Å². The highest BCUT2D eigenvalue weighted by molar-refractivity contribution is 5.40. The molecule has 0 bridgehead atoms. The summed E-state index contributed by atoms with van der Waals surface area (Å²) in [4.78, 5) is 2.47. The van der Waals surface area contributed by atoms with E-state index in [2.05, 4.69) is 30.9 Å². The molecule has 0 amide bonds. The predicted octanol–water partition coefficient (Wildman–Crippen LogP) is 2.29. The van der Waals surface area contributed by atoms with E-state index in [9.17, 15) is 5.26 Å². The van der Waals surface area contributed by atoms with Crippen LogP contribution in [-0.2, 0) is 0 Å². The molecule has 3 nitrogen and oxygen atoms in total. The second-order valence-electron chi connectivity index (χ2n) is 5.26. The Balaban J connectivity index is 2.41. The summed E-state index contributed by atoms with van der Waals surface area (Å²) in [6, 6.07) is 11.0. The molecule has 2 unspecified atom stereocenters. The number of hydrogen-bond donors (Lipinski definition) is 1. The van der Waals surface area contributed by atoms with Gasteiger partial charge in [-0.05, 0) is 50.9 Å². The summed E-state index contributed by atoms with van der Waals surface area (Å²) in [5.74, 6) is 0.460. The number of likely N-dealkylation sites (tertiary alicyclic amines) is 1. The molecule has 2 N–H and O–H groups in total. The molecule has 0 aromatic heterocycles. The minimum Gasteiger partial charge on any atom is -0.330 e. The lowest BCUT2D eigenvalue weighted by Gasteiger charge is -2.31. The third kappa shape index (κ3) is 2.27. The fourth-order valence-corrected chi connectivity index (χ4v) is 3.00. The molecule has 1 aromatic rings. The number of nitrogens with two attached hydrogens (primary N) is 1. The Hall–Kier alpha value is -1.37. The average Bonchev–Trinajstić information content (AvgIpc) is 2.82. The highest BCUT2D eigenvalue weighted by Gasteiger charge is 2.36. The Kier molecular flexibility index (Phi) is 4.00. The van der Waals surface area contributed by atoms with Crippen LogP contribution in [0, 0.1) is 17.2 Å². The zero-order valence-corrected chi connectivity index (χ0v) is 11.1. The number of nitriles is 1. The van der Waals surface area contributed by atoms with Crippen LogP contribution in [0.15, 0.2) is 24.3 Å². The van der Waals surface area contributed by atoms with Gasteiger partial charge < -0.3 is 5.73 Å². The van der Waals surface area contributed by atoms with E-state index in [1.54, 1.807) is 0 Å². The lowest BCUT2D eigenvalue weighted by molar-refractivity contribution is 0.184. The van der Waals surface area contributed by atoms with E-state index in [1.807, 2.05) is 18.2 Å². The lowest BCUT2D eigenvalue weighted by atomic mass is 9.90. The highest BCUT2D eigenvalue weighted by Crippen LogP contribution is 2.39. The van der Waals surface area contributed by atoms with Crippen LogP contribution < -0.4 is 5.73 Å². The zero-order valence-electron chi connectivity index (χ0n) is 11.1. The lowest BCUT2D eigenvalue weighted by Crippen LogP contribution is -2.33. The summed E-state index contributed by atoms with van der Waals surface area (Å²) < 4.78 is 0. The van der Waals surface area contributed by atoms with Crippen molar-refractivity contribution in [1.82, 2.24) is 4.90 Å². The maximum absolute atomic E-state index is 9.26. The molecule has 1 fully saturated rings. The first-order chi connectivity index (χ1) is 8.69. The van der Waals surface area contributed by atoms with Crippen molar-refractivity contribution in [2.45, 2.75) is 32.4 Å². The van der Waals surface area contributed by atoms with Crippen molar-refractivity contribution >= 4 is 0 Å². The summed E-state index contributed by atoms with van der Waals surface area (Å²) in [5, 5.41) is 9.26. The topological polar surface area (TPSA) is 53.0 Å². The first-order valence-electron chi connectivity index (χ1n) is 6.64. The van der Waals surface area contributed by atoms with Crippen LogP contribution in [0.5, 0.6) is 0 Å². The Bertz CT molecular complexity index is 447. The van der Waals surface area contributed by atoms with Gasteiger partial charge in [0.1, 0.15) is 0 Å². The van der Waals surface area contributed by atoms with Gasteiger partial charge in [-0.2, -0.15) is 5.26 Å². The highest BCUT2D eigenvalue weighted by atomic mass is 15.2. The Morgan fingerprint density at radius 3 is 2.78 bits per heavy atom. The molecular formula is C15H21N3. The first-order valence-corrected chi connectivity index (χ1v) is 6.64. The van der Waals surface area contributed by atoms with E-state index < -0.39 is 0 Å². The molecule has 0 spiro atoms. The molecule has 96 valence electrons. The van der Waals surface area contributed by atoms with Crippen LogP contribution in [0.25, 0.3) is 0 Å². The molecule has 1 aliphatic rings. The van der Waals surface area contributed by atoms with Gasteiger partial charge in [0, 0.05) is 12.1 Å². The van der Waals surface area contributed by atoms with Crippen molar-refractivity contribution in [3.05, 3.63) is 35.4 Å². The normalized spacial score (nSPS) is 24.4. The largest absolute Gasteiger partial charge is 0.330 e. The van der Waals surface area contributed by atoms with Gasteiger partial charge in [-0.15, -0.1) is 0 Å². The van der Waals surface area contributed by atoms with E-state index in [4.69, 9.17) is 5.73 Å². The summed E-state index contributed by atoms with van der Waals surface area (Å²) in [7, 11) is 0. The van der Waals surface area contributed by atoms with Crippen LogP contribution in [0.1, 0.15) is 37.4 Å². The molecular weight excluding hydrogens is 222 g/mol. The summed E-state index contributed by atoms with van der Waals surface area (Å²) in [6.45, 7) is 6.18. The Morgan fingerprint density at radius 1 is 1.44 bits per heavy atom. The van der Waals surface area contributed by atoms with Gasteiger partial charge in [-0.1, -0.05) is 18.2 Å². The van der Waals surface area contributed by atoms with Gasteiger partial charge in [-0.3, -0.25) is 4.90 Å². The average molecular weight is 243 g/mol. The standard InChI is InChI=1S/C15H21N3/c1-11(2)18-8-7-13(10-17)15(18)14-6-4-3-5-12(14)9-16/h3-6,11,13,15H,7-8,10,17H2,1-2H3. The smallest absolute Gasteiger partial charge is 0.0995 e. The summed E-state index contributed by atoms with van der Waals surface area (Å²) >= 11 is 0. The van der Waals surface area contributed by atoms with Crippen molar-refractivity contribution in [1.29, 1.82) is 5.26 Å². The minimum absolute atomic E-state index is 0.297. The van der Waals surface area contributed by atoms with E-state index in [-0.39, 0.29) is 0 Å². The van der Waals surface area contributed by atoms with Gasteiger partial charge in [0.2, 0.25) is 0 Å². The van der Waals surface area contributed by atoms with Crippen LogP contribution in [0.3, 0.4) is 0 Å². The predicted molar refractivity (Wildman–Crippen MR) is 72.9 cm³/mol. The Morgan fingerprint density at radius 2 is 2.17 bits per heavy atom. The van der Waals surface area contributed by atoms with Crippen LogP contribution in [0.4, 0.5) is 0 Å². The first kappa shape index (κ1) is 13.1. The second kappa shape index (κ2) is 5.51. The van der Waals surface area contributed by atoms with E-state index in [0.29, 0.717) is 24.5 Å². The zero-order chi connectivity index (χ0) is 13.1. The summed E-state index contributed by atoms with van der Waals surface area (Å²) in [5.41, 5.74) is 7.83. The number of nitrogens with zero attached hydrogens (tertiary/aromatic N) is 2. The van der Waals surface area contributed by atoms with Crippen LogP contribution in [-0.4, -0.2) is 24.0 Å². The second-order valence-corrected chi connectivity index (χ2v) is 5.26.